The maximum atomic E-state index is 11.5. The van der Waals surface area contributed by atoms with Crippen LogP contribution in [-0.2, 0) is 11.2 Å². The van der Waals surface area contributed by atoms with Gasteiger partial charge in [0.05, 0.1) is 12.6 Å². The fourth-order valence-electron chi connectivity index (χ4n) is 1.94. The van der Waals surface area contributed by atoms with Crippen molar-refractivity contribution in [3.8, 4) is 0 Å². The van der Waals surface area contributed by atoms with Gasteiger partial charge in [-0.2, -0.15) is 0 Å². The van der Waals surface area contributed by atoms with Crippen LogP contribution in [0.1, 0.15) is 29.4 Å². The number of aromatic amines is 1. The van der Waals surface area contributed by atoms with E-state index in [9.17, 15) is 4.79 Å². The average molecular weight is 252 g/mol. The third kappa shape index (κ3) is 2.15. The zero-order chi connectivity index (χ0) is 12.4. The van der Waals surface area contributed by atoms with Crippen LogP contribution in [0, 0.1) is 0 Å². The number of methoxy groups -OCH3 is 1. The van der Waals surface area contributed by atoms with E-state index >= 15 is 0 Å². The number of benzene rings is 1. The number of carbonyl (C=O) groups is 1. The third-order valence-corrected chi connectivity index (χ3v) is 3.08. The Morgan fingerprint density at radius 3 is 2.88 bits per heavy atom. The number of aryl methyl sites for hydroxylation is 1. The second kappa shape index (κ2) is 4.80. The van der Waals surface area contributed by atoms with Crippen molar-refractivity contribution in [1.82, 2.24) is 4.98 Å². The zero-order valence-corrected chi connectivity index (χ0v) is 10.6. The van der Waals surface area contributed by atoms with E-state index in [1.54, 1.807) is 6.07 Å². The van der Waals surface area contributed by atoms with E-state index in [0.717, 1.165) is 23.7 Å². The molecule has 0 atom stereocenters. The summed E-state index contributed by atoms with van der Waals surface area (Å²) < 4.78 is 4.69. The zero-order valence-electron chi connectivity index (χ0n) is 9.84. The summed E-state index contributed by atoms with van der Waals surface area (Å²) in [5.74, 6) is -0.375. The highest BCUT2D eigenvalue weighted by Crippen LogP contribution is 2.28. The highest BCUT2D eigenvalue weighted by Gasteiger charge is 2.13. The summed E-state index contributed by atoms with van der Waals surface area (Å²) in [5, 5.41) is 1.52. The van der Waals surface area contributed by atoms with Crippen molar-refractivity contribution in [2.45, 2.75) is 19.8 Å². The molecule has 1 aromatic heterocycles. The minimum absolute atomic E-state index is 0.375. The number of halogens is 1. The van der Waals surface area contributed by atoms with Gasteiger partial charge in [-0.05, 0) is 24.1 Å². The molecule has 0 unspecified atom stereocenters. The lowest BCUT2D eigenvalue weighted by molar-refractivity contribution is 0.0595. The fourth-order valence-corrected chi connectivity index (χ4v) is 2.15. The van der Waals surface area contributed by atoms with Gasteiger partial charge in [-0.15, -0.1) is 0 Å². The van der Waals surface area contributed by atoms with Crippen molar-refractivity contribution in [3.05, 3.63) is 34.5 Å². The van der Waals surface area contributed by atoms with Gasteiger partial charge in [0.15, 0.2) is 0 Å². The number of rotatable bonds is 3. The number of aromatic nitrogens is 1. The van der Waals surface area contributed by atoms with E-state index in [0.29, 0.717) is 10.7 Å². The monoisotopic (exact) mass is 251 g/mol. The van der Waals surface area contributed by atoms with Crippen molar-refractivity contribution in [2.75, 3.05) is 7.11 Å². The Bertz CT molecular complexity index is 560. The number of nitrogens with one attached hydrogen (secondary N) is 1. The van der Waals surface area contributed by atoms with E-state index < -0.39 is 0 Å². The van der Waals surface area contributed by atoms with Crippen LogP contribution in [0.2, 0.25) is 5.02 Å². The lowest BCUT2D eigenvalue weighted by Gasteiger charge is -2.02. The molecule has 0 bridgehead atoms. The number of fused-ring (bicyclic) bond motifs is 1. The Labute approximate surface area is 105 Å². The van der Waals surface area contributed by atoms with Crippen molar-refractivity contribution in [1.29, 1.82) is 0 Å². The van der Waals surface area contributed by atoms with Crippen LogP contribution in [0.5, 0.6) is 0 Å². The molecule has 2 aromatic rings. The topological polar surface area (TPSA) is 42.1 Å². The van der Waals surface area contributed by atoms with Crippen LogP contribution < -0.4 is 0 Å². The molecular weight excluding hydrogens is 238 g/mol. The van der Waals surface area contributed by atoms with Gasteiger partial charge >= 0.3 is 5.97 Å². The molecule has 3 nitrogen and oxygen atoms in total. The molecule has 0 aliphatic heterocycles. The number of esters is 1. The molecule has 0 fully saturated rings. The molecule has 1 N–H and O–H groups in total. The van der Waals surface area contributed by atoms with Gasteiger partial charge in [0.1, 0.15) is 5.69 Å². The van der Waals surface area contributed by atoms with Crippen LogP contribution in [0.4, 0.5) is 0 Å². The smallest absolute Gasteiger partial charge is 0.354 e. The molecular formula is C13H14ClNO2. The van der Waals surface area contributed by atoms with E-state index in [1.165, 1.54) is 12.7 Å². The van der Waals surface area contributed by atoms with E-state index in [4.69, 9.17) is 16.3 Å². The van der Waals surface area contributed by atoms with Gasteiger partial charge in [-0.3, -0.25) is 0 Å². The van der Waals surface area contributed by atoms with Gasteiger partial charge in [-0.1, -0.05) is 31.0 Å². The van der Waals surface area contributed by atoms with E-state index in [1.807, 2.05) is 12.1 Å². The minimum Gasteiger partial charge on any atom is -0.464 e. The van der Waals surface area contributed by atoms with Crippen LogP contribution in [0.3, 0.4) is 0 Å². The highest BCUT2D eigenvalue weighted by molar-refractivity contribution is 6.35. The quantitative estimate of drug-likeness (QED) is 0.848. The summed E-state index contributed by atoms with van der Waals surface area (Å²) in [4.78, 5) is 14.5. The molecule has 2 rings (SSSR count). The van der Waals surface area contributed by atoms with Crippen LogP contribution in [0.25, 0.3) is 10.9 Å². The largest absolute Gasteiger partial charge is 0.464 e. The molecule has 0 spiro atoms. The van der Waals surface area contributed by atoms with Crippen LogP contribution >= 0.6 is 11.6 Å². The summed E-state index contributed by atoms with van der Waals surface area (Å²) in [6, 6.07) is 5.60. The first kappa shape index (κ1) is 12.0. The summed E-state index contributed by atoms with van der Waals surface area (Å²) in [6.07, 6.45) is 2.00. The maximum absolute atomic E-state index is 11.5. The van der Waals surface area contributed by atoms with Crippen LogP contribution in [0.15, 0.2) is 18.2 Å². The molecule has 1 heterocycles. The first-order valence-corrected chi connectivity index (χ1v) is 5.93. The predicted molar refractivity (Wildman–Crippen MR) is 68.6 cm³/mol. The Kier molecular flexibility index (Phi) is 3.38. The molecule has 17 heavy (non-hydrogen) atoms. The molecule has 0 saturated carbocycles. The van der Waals surface area contributed by atoms with Crippen molar-refractivity contribution in [2.24, 2.45) is 0 Å². The molecule has 0 amide bonds. The molecule has 0 saturated heterocycles. The fraction of sp³-hybridized carbons (Fsp3) is 0.308. The normalized spacial score (nSPS) is 10.8. The van der Waals surface area contributed by atoms with E-state index in [2.05, 4.69) is 11.9 Å². The van der Waals surface area contributed by atoms with Gasteiger partial charge in [0.25, 0.3) is 0 Å². The predicted octanol–water partition coefficient (Wildman–Crippen LogP) is 3.56. The SMILES string of the molecule is CCCc1ccc(Cl)c2cc(C(=O)OC)[nH]c12. The Morgan fingerprint density at radius 1 is 1.47 bits per heavy atom. The Balaban J connectivity index is 2.61. The molecule has 0 aliphatic rings. The summed E-state index contributed by atoms with van der Waals surface area (Å²) in [7, 11) is 1.36. The van der Waals surface area contributed by atoms with E-state index in [-0.39, 0.29) is 5.97 Å². The Hall–Kier alpha value is -1.48. The second-order valence-corrected chi connectivity index (χ2v) is 4.33. The summed E-state index contributed by atoms with van der Waals surface area (Å²) in [6.45, 7) is 2.12. The van der Waals surface area contributed by atoms with Gasteiger partial charge in [0, 0.05) is 10.4 Å². The lowest BCUT2D eigenvalue weighted by Crippen LogP contribution is -2.00. The lowest BCUT2D eigenvalue weighted by atomic mass is 10.1. The maximum Gasteiger partial charge on any atom is 0.354 e. The molecule has 90 valence electrons. The number of carbonyl (C=O) groups excluding carboxylic acids is 1. The number of hydrogen-bond acceptors (Lipinski definition) is 2. The minimum atomic E-state index is -0.375. The average Bonchev–Trinajstić information content (AvgIpc) is 2.78. The van der Waals surface area contributed by atoms with Crippen molar-refractivity contribution in [3.63, 3.8) is 0 Å². The molecule has 4 heteroatoms. The van der Waals surface area contributed by atoms with Crippen molar-refractivity contribution < 1.29 is 9.53 Å². The first-order chi connectivity index (χ1) is 8.17. The summed E-state index contributed by atoms with van der Waals surface area (Å²) >= 11 is 6.12. The number of ether oxygens (including phenoxy) is 1. The van der Waals surface area contributed by atoms with Gasteiger partial charge in [0.2, 0.25) is 0 Å². The van der Waals surface area contributed by atoms with Crippen LogP contribution in [-0.4, -0.2) is 18.1 Å². The summed E-state index contributed by atoms with van der Waals surface area (Å²) in [5.41, 5.74) is 2.54. The molecule has 0 aliphatic carbocycles. The highest BCUT2D eigenvalue weighted by atomic mass is 35.5. The molecule has 0 radical (unpaired) electrons. The second-order valence-electron chi connectivity index (χ2n) is 3.92. The van der Waals surface area contributed by atoms with Gasteiger partial charge in [-0.25, -0.2) is 4.79 Å². The standard InChI is InChI=1S/C13H14ClNO2/c1-3-4-8-5-6-10(14)9-7-11(13(16)17-2)15-12(8)9/h5-7,15H,3-4H2,1-2H3. The number of H-pyrrole nitrogens is 1. The van der Waals surface area contributed by atoms with Crippen molar-refractivity contribution >= 4 is 28.5 Å². The first-order valence-electron chi connectivity index (χ1n) is 5.55. The van der Waals surface area contributed by atoms with Gasteiger partial charge < -0.3 is 9.72 Å². The molecule has 1 aromatic carbocycles. The Morgan fingerprint density at radius 2 is 2.24 bits per heavy atom. The number of hydrogen-bond donors (Lipinski definition) is 1. The third-order valence-electron chi connectivity index (χ3n) is 2.75.